The van der Waals surface area contributed by atoms with E-state index in [-0.39, 0.29) is 11.9 Å². The number of aromatic nitrogens is 1. The van der Waals surface area contributed by atoms with Crippen LogP contribution in [0, 0.1) is 0 Å². The van der Waals surface area contributed by atoms with Crippen molar-refractivity contribution in [3.63, 3.8) is 0 Å². The van der Waals surface area contributed by atoms with Crippen LogP contribution in [0.25, 0.3) is 0 Å². The molecule has 3 N–H and O–H groups in total. The van der Waals surface area contributed by atoms with Gasteiger partial charge in [0.1, 0.15) is 6.04 Å². The third-order valence-electron chi connectivity index (χ3n) is 1.75. The monoisotopic (exact) mass is 167 g/mol. The lowest BCUT2D eigenvalue weighted by atomic mass is 10.1. The Morgan fingerprint density at radius 3 is 2.75 bits per heavy atom. The summed E-state index contributed by atoms with van der Waals surface area (Å²) in [4.78, 5) is 14.2. The number of H-pyrrole nitrogens is 1. The smallest absolute Gasteiger partial charge is 0.241 e. The fraction of sp³-hybridized carbons (Fsp3) is 0.375. The van der Waals surface area contributed by atoms with Gasteiger partial charge in [-0.3, -0.25) is 4.79 Å². The van der Waals surface area contributed by atoms with E-state index in [4.69, 9.17) is 0 Å². The van der Waals surface area contributed by atoms with Crippen LogP contribution in [0.3, 0.4) is 0 Å². The molecule has 1 aromatic rings. The second-order valence-corrected chi connectivity index (χ2v) is 2.48. The minimum absolute atomic E-state index is 0.0305. The molecule has 1 unspecified atom stereocenters. The van der Waals surface area contributed by atoms with Gasteiger partial charge in [0.2, 0.25) is 5.91 Å². The average molecular weight is 167 g/mol. The van der Waals surface area contributed by atoms with Crippen molar-refractivity contribution in [2.24, 2.45) is 0 Å². The van der Waals surface area contributed by atoms with Gasteiger partial charge in [-0.25, -0.2) is 0 Å². The van der Waals surface area contributed by atoms with Gasteiger partial charge in [0, 0.05) is 19.4 Å². The van der Waals surface area contributed by atoms with Crippen molar-refractivity contribution in [3.05, 3.63) is 24.0 Å². The molecule has 66 valence electrons. The predicted molar refractivity (Wildman–Crippen MR) is 46.7 cm³/mol. The van der Waals surface area contributed by atoms with E-state index in [1.165, 1.54) is 0 Å². The summed E-state index contributed by atoms with van der Waals surface area (Å²) in [5.41, 5.74) is 0.942. The van der Waals surface area contributed by atoms with Gasteiger partial charge in [-0.15, -0.1) is 0 Å². The Hall–Kier alpha value is -1.29. The van der Waals surface area contributed by atoms with E-state index >= 15 is 0 Å². The molecule has 0 saturated carbocycles. The van der Waals surface area contributed by atoms with Crippen LogP contribution in [-0.2, 0) is 4.79 Å². The number of hydrogen-bond acceptors (Lipinski definition) is 2. The second-order valence-electron chi connectivity index (χ2n) is 2.48. The summed E-state index contributed by atoms with van der Waals surface area (Å²) in [6.45, 7) is 0. The normalized spacial score (nSPS) is 12.5. The summed E-state index contributed by atoms with van der Waals surface area (Å²) in [7, 11) is 3.38. The van der Waals surface area contributed by atoms with Crippen molar-refractivity contribution in [3.8, 4) is 0 Å². The highest BCUT2D eigenvalue weighted by atomic mass is 16.2. The number of aromatic amines is 1. The number of hydrogen-bond donors (Lipinski definition) is 3. The molecule has 0 saturated heterocycles. The highest BCUT2D eigenvalue weighted by Crippen LogP contribution is 2.10. The van der Waals surface area contributed by atoms with E-state index in [1.807, 2.05) is 6.07 Å². The summed E-state index contributed by atoms with van der Waals surface area (Å²) >= 11 is 0. The lowest BCUT2D eigenvalue weighted by Crippen LogP contribution is -2.33. The Bertz CT molecular complexity index is 243. The molecule has 1 aromatic heterocycles. The molecular weight excluding hydrogens is 154 g/mol. The van der Waals surface area contributed by atoms with Crippen molar-refractivity contribution < 1.29 is 4.79 Å². The van der Waals surface area contributed by atoms with Crippen LogP contribution in [0.15, 0.2) is 18.5 Å². The van der Waals surface area contributed by atoms with Gasteiger partial charge in [-0.1, -0.05) is 0 Å². The summed E-state index contributed by atoms with van der Waals surface area (Å²) in [5, 5.41) is 5.51. The van der Waals surface area contributed by atoms with E-state index in [2.05, 4.69) is 15.6 Å². The van der Waals surface area contributed by atoms with E-state index in [1.54, 1.807) is 26.5 Å². The Balaban J connectivity index is 2.76. The summed E-state index contributed by atoms with van der Waals surface area (Å²) in [5.74, 6) is -0.0305. The maximum atomic E-state index is 11.3. The lowest BCUT2D eigenvalue weighted by molar-refractivity contribution is -0.122. The van der Waals surface area contributed by atoms with Crippen molar-refractivity contribution in [1.29, 1.82) is 0 Å². The molecule has 1 amide bonds. The third kappa shape index (κ3) is 1.65. The van der Waals surface area contributed by atoms with Crippen molar-refractivity contribution in [2.75, 3.05) is 14.1 Å². The molecule has 0 aliphatic carbocycles. The van der Waals surface area contributed by atoms with Crippen LogP contribution < -0.4 is 10.6 Å². The number of rotatable bonds is 3. The highest BCUT2D eigenvalue weighted by molar-refractivity contribution is 5.82. The first kappa shape index (κ1) is 8.80. The molecular formula is C8H13N3O. The molecule has 0 aliphatic rings. The van der Waals surface area contributed by atoms with Gasteiger partial charge in [0.25, 0.3) is 0 Å². The molecule has 0 fully saturated rings. The quantitative estimate of drug-likeness (QED) is 0.594. The first-order valence-electron chi connectivity index (χ1n) is 3.81. The van der Waals surface area contributed by atoms with Gasteiger partial charge in [-0.05, 0) is 18.7 Å². The molecule has 0 aromatic carbocycles. The Kier molecular flexibility index (Phi) is 2.88. The topological polar surface area (TPSA) is 56.9 Å². The average Bonchev–Trinajstić information content (AvgIpc) is 2.58. The lowest BCUT2D eigenvalue weighted by Gasteiger charge is -2.12. The zero-order chi connectivity index (χ0) is 8.97. The standard InChI is InChI=1S/C8H13N3O/c1-9-7(8(12)10-2)6-3-4-11-5-6/h3-5,7,9,11H,1-2H3,(H,10,12). The maximum Gasteiger partial charge on any atom is 0.241 e. The van der Waals surface area contributed by atoms with Gasteiger partial charge in [-0.2, -0.15) is 0 Å². The summed E-state index contributed by atoms with van der Waals surface area (Å²) < 4.78 is 0. The summed E-state index contributed by atoms with van der Waals surface area (Å²) in [6, 6.07) is 1.61. The Morgan fingerprint density at radius 2 is 2.33 bits per heavy atom. The molecule has 1 atom stereocenters. The molecule has 12 heavy (non-hydrogen) atoms. The van der Waals surface area contributed by atoms with E-state index < -0.39 is 0 Å². The predicted octanol–water partition coefficient (Wildman–Crippen LogP) is 0.0212. The molecule has 0 radical (unpaired) electrons. The van der Waals surface area contributed by atoms with E-state index in [0.717, 1.165) is 5.56 Å². The van der Waals surface area contributed by atoms with Crippen LogP contribution in [0.5, 0.6) is 0 Å². The SMILES string of the molecule is CNC(=O)C(NC)c1cc[nH]c1. The van der Waals surface area contributed by atoms with E-state index in [0.29, 0.717) is 0 Å². The fourth-order valence-corrected chi connectivity index (χ4v) is 1.11. The zero-order valence-corrected chi connectivity index (χ0v) is 7.22. The van der Waals surface area contributed by atoms with Crippen molar-refractivity contribution in [2.45, 2.75) is 6.04 Å². The Morgan fingerprint density at radius 1 is 1.58 bits per heavy atom. The molecule has 1 heterocycles. The molecule has 0 spiro atoms. The first-order valence-corrected chi connectivity index (χ1v) is 3.81. The fourth-order valence-electron chi connectivity index (χ4n) is 1.11. The number of nitrogens with one attached hydrogen (secondary N) is 3. The zero-order valence-electron chi connectivity index (χ0n) is 7.22. The van der Waals surface area contributed by atoms with Crippen LogP contribution in [-0.4, -0.2) is 25.0 Å². The molecule has 0 aliphatic heterocycles. The van der Waals surface area contributed by atoms with E-state index in [9.17, 15) is 4.79 Å². The van der Waals surface area contributed by atoms with Crippen LogP contribution >= 0.6 is 0 Å². The molecule has 1 rings (SSSR count). The first-order chi connectivity index (χ1) is 5.79. The third-order valence-corrected chi connectivity index (χ3v) is 1.75. The minimum Gasteiger partial charge on any atom is -0.367 e. The number of amides is 1. The highest BCUT2D eigenvalue weighted by Gasteiger charge is 2.16. The summed E-state index contributed by atoms with van der Waals surface area (Å²) in [6.07, 6.45) is 3.60. The van der Waals surface area contributed by atoms with Crippen LogP contribution in [0.1, 0.15) is 11.6 Å². The van der Waals surface area contributed by atoms with Crippen LogP contribution in [0.4, 0.5) is 0 Å². The molecule has 0 bridgehead atoms. The van der Waals surface area contributed by atoms with Crippen molar-refractivity contribution in [1.82, 2.24) is 15.6 Å². The van der Waals surface area contributed by atoms with Crippen molar-refractivity contribution >= 4 is 5.91 Å². The number of likely N-dealkylation sites (N-methyl/N-ethyl adjacent to an activating group) is 2. The van der Waals surface area contributed by atoms with Gasteiger partial charge in [0.05, 0.1) is 0 Å². The van der Waals surface area contributed by atoms with Gasteiger partial charge in [0.15, 0.2) is 0 Å². The number of carbonyl (C=O) groups is 1. The number of carbonyl (C=O) groups excluding carboxylic acids is 1. The second kappa shape index (κ2) is 3.92. The Labute approximate surface area is 71.4 Å². The maximum absolute atomic E-state index is 11.3. The van der Waals surface area contributed by atoms with Gasteiger partial charge < -0.3 is 15.6 Å². The minimum atomic E-state index is -0.263. The molecule has 4 heteroatoms. The van der Waals surface area contributed by atoms with Gasteiger partial charge >= 0.3 is 0 Å². The van der Waals surface area contributed by atoms with Crippen LogP contribution in [0.2, 0.25) is 0 Å². The molecule has 4 nitrogen and oxygen atoms in total. The largest absolute Gasteiger partial charge is 0.367 e.